The van der Waals surface area contributed by atoms with Crippen LogP contribution in [-0.2, 0) is 6.42 Å². The third kappa shape index (κ3) is 5.37. The topological polar surface area (TPSA) is 48.9 Å². The summed E-state index contributed by atoms with van der Waals surface area (Å²) in [5.74, 6) is 1.91. The largest absolute Gasteiger partial charge is 0.496 e. The number of ether oxygens (including phenoxy) is 1. The van der Waals surface area contributed by atoms with E-state index in [-0.39, 0.29) is 0 Å². The van der Waals surface area contributed by atoms with Crippen molar-refractivity contribution >= 4 is 5.96 Å². The molecule has 3 rings (SSSR count). The molecule has 2 N–H and O–H groups in total. The number of hydrogen-bond donors (Lipinski definition) is 2. The molecule has 0 atom stereocenters. The fourth-order valence-electron chi connectivity index (χ4n) is 3.68. The Labute approximate surface area is 158 Å². The lowest BCUT2D eigenvalue weighted by Gasteiger charge is -2.33. The molecule has 0 amide bonds. The summed E-state index contributed by atoms with van der Waals surface area (Å²) in [6.07, 6.45) is 6.18. The lowest BCUT2D eigenvalue weighted by Crippen LogP contribution is -2.49. The third-order valence-corrected chi connectivity index (χ3v) is 5.42. The highest BCUT2D eigenvalue weighted by atomic mass is 16.5. The zero-order valence-corrected chi connectivity index (χ0v) is 16.6. The molecular weight excluding hydrogens is 324 g/mol. The van der Waals surface area contributed by atoms with E-state index in [1.54, 1.807) is 7.11 Å². The third-order valence-electron chi connectivity index (χ3n) is 5.42. The average molecular weight is 359 g/mol. The molecule has 1 saturated carbocycles. The summed E-state index contributed by atoms with van der Waals surface area (Å²) < 4.78 is 5.42. The van der Waals surface area contributed by atoms with Crippen LogP contribution in [0.1, 0.15) is 43.7 Å². The number of nitrogens with one attached hydrogen (secondary N) is 2. The Morgan fingerprint density at radius 3 is 2.65 bits per heavy atom. The van der Waals surface area contributed by atoms with Crippen molar-refractivity contribution in [1.82, 2.24) is 15.5 Å². The maximum atomic E-state index is 5.42. The highest BCUT2D eigenvalue weighted by molar-refractivity contribution is 5.80. The molecular formula is C21H34N4O. The minimum absolute atomic E-state index is 0.544. The van der Waals surface area contributed by atoms with Gasteiger partial charge in [0.2, 0.25) is 0 Å². The van der Waals surface area contributed by atoms with Gasteiger partial charge in [-0.1, -0.05) is 12.1 Å². The number of aryl methyl sites for hydroxylation is 1. The van der Waals surface area contributed by atoms with Gasteiger partial charge < -0.3 is 20.3 Å². The summed E-state index contributed by atoms with van der Waals surface area (Å²) in [4.78, 5) is 7.45. The van der Waals surface area contributed by atoms with Gasteiger partial charge >= 0.3 is 0 Å². The zero-order chi connectivity index (χ0) is 18.4. The molecule has 2 aliphatic rings. The van der Waals surface area contributed by atoms with Gasteiger partial charge in [0.05, 0.1) is 7.11 Å². The van der Waals surface area contributed by atoms with Crippen molar-refractivity contribution < 1.29 is 4.74 Å². The minimum atomic E-state index is 0.544. The van der Waals surface area contributed by atoms with Gasteiger partial charge in [0.25, 0.3) is 0 Å². The van der Waals surface area contributed by atoms with Crippen molar-refractivity contribution in [2.45, 2.75) is 58.0 Å². The average Bonchev–Trinajstić information content (AvgIpc) is 3.49. The molecule has 0 radical (unpaired) electrons. The molecule has 0 unspecified atom stereocenters. The Balaban J connectivity index is 1.49. The molecule has 1 aliphatic carbocycles. The van der Waals surface area contributed by atoms with Crippen LogP contribution in [0.25, 0.3) is 0 Å². The Morgan fingerprint density at radius 1 is 1.23 bits per heavy atom. The van der Waals surface area contributed by atoms with E-state index in [2.05, 4.69) is 47.6 Å². The second-order valence-corrected chi connectivity index (χ2v) is 7.50. The quantitative estimate of drug-likeness (QED) is 0.581. The fourth-order valence-corrected chi connectivity index (χ4v) is 3.68. The van der Waals surface area contributed by atoms with Crippen LogP contribution in [0.4, 0.5) is 0 Å². The van der Waals surface area contributed by atoms with Crippen molar-refractivity contribution in [3.8, 4) is 5.75 Å². The Hall–Kier alpha value is -1.75. The Kier molecular flexibility index (Phi) is 6.78. The van der Waals surface area contributed by atoms with Gasteiger partial charge in [-0.2, -0.15) is 0 Å². The zero-order valence-electron chi connectivity index (χ0n) is 16.6. The van der Waals surface area contributed by atoms with Gasteiger partial charge in [-0.3, -0.25) is 4.99 Å². The summed E-state index contributed by atoms with van der Waals surface area (Å²) in [6.45, 7) is 8.32. The van der Waals surface area contributed by atoms with Crippen molar-refractivity contribution in [3.63, 3.8) is 0 Å². The van der Waals surface area contributed by atoms with Crippen molar-refractivity contribution in [1.29, 1.82) is 0 Å². The van der Waals surface area contributed by atoms with Crippen LogP contribution in [0.15, 0.2) is 23.2 Å². The number of guanidine groups is 1. The maximum Gasteiger partial charge on any atom is 0.191 e. The number of rotatable bonds is 7. The molecule has 26 heavy (non-hydrogen) atoms. The Morgan fingerprint density at radius 2 is 2.00 bits per heavy atom. The van der Waals surface area contributed by atoms with E-state index in [1.807, 2.05) is 0 Å². The number of methoxy groups -OCH3 is 1. The van der Waals surface area contributed by atoms with E-state index < -0.39 is 0 Å². The fraction of sp³-hybridized carbons (Fsp3) is 0.667. The lowest BCUT2D eigenvalue weighted by atomic mass is 10.1. The normalized spacial score (nSPS) is 19.4. The van der Waals surface area contributed by atoms with Gasteiger partial charge in [0.15, 0.2) is 5.96 Å². The summed E-state index contributed by atoms with van der Waals surface area (Å²) in [6, 6.07) is 7.85. The van der Waals surface area contributed by atoms with E-state index in [1.165, 1.54) is 49.9 Å². The molecule has 1 heterocycles. The summed E-state index contributed by atoms with van der Waals surface area (Å²) in [5.41, 5.74) is 2.44. The van der Waals surface area contributed by atoms with Gasteiger partial charge in [0, 0.05) is 38.3 Å². The van der Waals surface area contributed by atoms with E-state index in [0.29, 0.717) is 6.04 Å². The van der Waals surface area contributed by atoms with E-state index in [9.17, 15) is 0 Å². The molecule has 1 aromatic rings. The van der Waals surface area contributed by atoms with Crippen molar-refractivity contribution in [2.75, 3.05) is 33.3 Å². The molecule has 144 valence electrons. The monoisotopic (exact) mass is 358 g/mol. The highest BCUT2D eigenvalue weighted by Crippen LogP contribution is 2.29. The molecule has 5 heteroatoms. The number of likely N-dealkylation sites (tertiary alicyclic amines) is 1. The van der Waals surface area contributed by atoms with Crippen LogP contribution < -0.4 is 15.4 Å². The van der Waals surface area contributed by atoms with Crippen LogP contribution in [-0.4, -0.2) is 56.2 Å². The van der Waals surface area contributed by atoms with Crippen molar-refractivity contribution in [2.24, 2.45) is 4.99 Å². The number of piperidine rings is 1. The molecule has 0 bridgehead atoms. The maximum absolute atomic E-state index is 5.42. The standard InChI is InChI=1S/C21H34N4O/c1-4-22-21(24-18-10-13-25(14-11-18)19-7-8-19)23-12-9-17-6-5-16(2)20(15-17)26-3/h5-6,15,18-19H,4,7-14H2,1-3H3,(H2,22,23,24). The Bertz CT molecular complexity index is 604. The summed E-state index contributed by atoms with van der Waals surface area (Å²) in [5, 5.41) is 7.04. The molecule has 0 spiro atoms. The van der Waals surface area contributed by atoms with Gasteiger partial charge in [-0.05, 0) is 63.1 Å². The van der Waals surface area contributed by atoms with Crippen molar-refractivity contribution in [3.05, 3.63) is 29.3 Å². The first-order chi connectivity index (χ1) is 12.7. The van der Waals surface area contributed by atoms with Gasteiger partial charge in [-0.15, -0.1) is 0 Å². The molecule has 2 fully saturated rings. The number of nitrogens with zero attached hydrogens (tertiary/aromatic N) is 2. The number of benzene rings is 1. The van der Waals surface area contributed by atoms with Gasteiger partial charge in [-0.25, -0.2) is 0 Å². The SMILES string of the molecule is CCNC(=NCCc1ccc(C)c(OC)c1)NC1CCN(C2CC2)CC1. The van der Waals surface area contributed by atoms with Crippen LogP contribution in [0.5, 0.6) is 5.75 Å². The molecule has 1 saturated heterocycles. The number of hydrogen-bond acceptors (Lipinski definition) is 3. The predicted molar refractivity (Wildman–Crippen MR) is 108 cm³/mol. The first-order valence-electron chi connectivity index (χ1n) is 10.1. The minimum Gasteiger partial charge on any atom is -0.496 e. The summed E-state index contributed by atoms with van der Waals surface area (Å²) >= 11 is 0. The first kappa shape index (κ1) is 19.0. The summed E-state index contributed by atoms with van der Waals surface area (Å²) in [7, 11) is 1.73. The number of aliphatic imine (C=N–C) groups is 1. The predicted octanol–water partition coefficient (Wildman–Crippen LogP) is 2.73. The second-order valence-electron chi connectivity index (χ2n) is 7.50. The van der Waals surface area contributed by atoms with Crippen LogP contribution >= 0.6 is 0 Å². The van der Waals surface area contributed by atoms with E-state index in [4.69, 9.17) is 9.73 Å². The highest BCUT2D eigenvalue weighted by Gasteiger charge is 2.31. The van der Waals surface area contributed by atoms with Crippen LogP contribution in [0.2, 0.25) is 0 Å². The van der Waals surface area contributed by atoms with Gasteiger partial charge in [0.1, 0.15) is 5.75 Å². The first-order valence-corrected chi connectivity index (χ1v) is 10.1. The smallest absolute Gasteiger partial charge is 0.191 e. The van der Waals surface area contributed by atoms with Crippen LogP contribution in [0, 0.1) is 6.92 Å². The molecule has 1 aliphatic heterocycles. The van der Waals surface area contributed by atoms with Crippen LogP contribution in [0.3, 0.4) is 0 Å². The van der Waals surface area contributed by atoms with E-state index >= 15 is 0 Å². The second kappa shape index (κ2) is 9.26. The van der Waals surface area contributed by atoms with E-state index in [0.717, 1.165) is 37.3 Å². The molecule has 0 aromatic heterocycles. The molecule has 5 nitrogen and oxygen atoms in total. The molecule has 1 aromatic carbocycles. The lowest BCUT2D eigenvalue weighted by molar-refractivity contribution is 0.197.